The maximum absolute atomic E-state index is 13.6. The van der Waals surface area contributed by atoms with E-state index in [-0.39, 0.29) is 11.4 Å². The van der Waals surface area contributed by atoms with Gasteiger partial charge in [0.2, 0.25) is 0 Å². The molecule has 0 fully saturated rings. The van der Waals surface area contributed by atoms with Gasteiger partial charge >= 0.3 is 5.37 Å². The number of nitrogens with zero attached hydrogens (tertiary/aromatic N) is 1. The van der Waals surface area contributed by atoms with E-state index in [1.54, 1.807) is 0 Å². The molecule has 1 amide bonds. The fourth-order valence-electron chi connectivity index (χ4n) is 1.59. The molecule has 0 bridgehead atoms. The van der Waals surface area contributed by atoms with Crippen LogP contribution in [0.15, 0.2) is 48.5 Å². The lowest BCUT2D eigenvalue weighted by atomic mass is 10.2. The van der Waals surface area contributed by atoms with Gasteiger partial charge in [0.15, 0.2) is 0 Å². The number of carbonyl (C=O) groups is 1. The van der Waals surface area contributed by atoms with E-state index >= 15 is 0 Å². The van der Waals surface area contributed by atoms with Crippen LogP contribution in [-0.4, -0.2) is 5.37 Å². The highest BCUT2D eigenvalue weighted by Crippen LogP contribution is 2.30. The molecule has 0 heterocycles. The van der Waals surface area contributed by atoms with E-state index in [1.165, 1.54) is 48.5 Å². The Morgan fingerprint density at radius 3 is 1.61 bits per heavy atom. The summed E-state index contributed by atoms with van der Waals surface area (Å²) in [6, 6.07) is 11.0. The van der Waals surface area contributed by atoms with Gasteiger partial charge in [0.05, 0.1) is 11.4 Å². The minimum Gasteiger partial charge on any atom is -0.262 e. The first-order valence-corrected chi connectivity index (χ1v) is 5.47. The van der Waals surface area contributed by atoms with E-state index in [9.17, 15) is 13.6 Å². The van der Waals surface area contributed by atoms with Gasteiger partial charge < -0.3 is 0 Å². The molecule has 0 radical (unpaired) electrons. The fourth-order valence-corrected chi connectivity index (χ4v) is 1.77. The first-order valence-electron chi connectivity index (χ1n) is 5.10. The van der Waals surface area contributed by atoms with E-state index in [2.05, 4.69) is 0 Å². The maximum atomic E-state index is 13.6. The van der Waals surface area contributed by atoms with Crippen LogP contribution in [0.5, 0.6) is 0 Å². The monoisotopic (exact) mass is 267 g/mol. The third-order valence-corrected chi connectivity index (χ3v) is 2.53. The zero-order valence-electron chi connectivity index (χ0n) is 9.11. The van der Waals surface area contributed by atoms with Gasteiger partial charge in [-0.3, -0.25) is 9.69 Å². The molecule has 2 rings (SSSR count). The molecule has 92 valence electrons. The van der Waals surface area contributed by atoms with Crippen LogP contribution in [0, 0.1) is 11.6 Å². The average Bonchev–Trinajstić information content (AvgIpc) is 2.34. The van der Waals surface area contributed by atoms with Gasteiger partial charge in [-0.05, 0) is 35.9 Å². The summed E-state index contributed by atoms with van der Waals surface area (Å²) in [6.45, 7) is 0. The van der Waals surface area contributed by atoms with Crippen molar-refractivity contribution in [3.05, 3.63) is 60.2 Å². The molecule has 0 spiro atoms. The van der Waals surface area contributed by atoms with Crippen molar-refractivity contribution in [3.63, 3.8) is 0 Å². The van der Waals surface area contributed by atoms with Crippen molar-refractivity contribution in [2.75, 3.05) is 4.90 Å². The topological polar surface area (TPSA) is 20.3 Å². The molecule has 0 aliphatic rings. The molecule has 0 aliphatic carbocycles. The van der Waals surface area contributed by atoms with Gasteiger partial charge in [-0.25, -0.2) is 8.78 Å². The maximum Gasteiger partial charge on any atom is 0.325 e. The Kier molecular flexibility index (Phi) is 3.58. The molecule has 2 aromatic rings. The molecule has 0 saturated carbocycles. The Balaban J connectivity index is 2.58. The number of hydrogen-bond donors (Lipinski definition) is 0. The molecule has 0 aliphatic heterocycles. The normalized spacial score (nSPS) is 10.2. The summed E-state index contributed by atoms with van der Waals surface area (Å²) in [5.41, 5.74) is -0.190. The zero-order valence-corrected chi connectivity index (χ0v) is 9.86. The predicted octanol–water partition coefficient (Wildman–Crippen LogP) is 4.46. The summed E-state index contributed by atoms with van der Waals surface area (Å²) in [4.78, 5) is 12.2. The summed E-state index contributed by atoms with van der Waals surface area (Å²) in [7, 11) is 0. The number of benzene rings is 2. The molecule has 5 heteroatoms. The van der Waals surface area contributed by atoms with Gasteiger partial charge in [-0.15, -0.1) is 0 Å². The fraction of sp³-hybridized carbons (Fsp3) is 0. The third-order valence-electron chi connectivity index (χ3n) is 2.36. The van der Waals surface area contributed by atoms with E-state index in [0.29, 0.717) is 0 Å². The number of hydrogen-bond acceptors (Lipinski definition) is 1. The summed E-state index contributed by atoms with van der Waals surface area (Å²) < 4.78 is 27.3. The Labute approximate surface area is 107 Å². The van der Waals surface area contributed by atoms with Crippen LogP contribution in [0.4, 0.5) is 25.0 Å². The third kappa shape index (κ3) is 2.33. The molecule has 2 nitrogen and oxygen atoms in total. The molecule has 0 atom stereocenters. The van der Waals surface area contributed by atoms with Gasteiger partial charge in [-0.1, -0.05) is 24.3 Å². The van der Waals surface area contributed by atoms with Crippen molar-refractivity contribution in [2.24, 2.45) is 0 Å². The summed E-state index contributed by atoms with van der Waals surface area (Å²) in [5, 5.41) is -0.981. The second-order valence-electron chi connectivity index (χ2n) is 3.49. The first-order chi connectivity index (χ1) is 8.61. The Hall–Kier alpha value is -1.94. The quantitative estimate of drug-likeness (QED) is 0.581. The van der Waals surface area contributed by atoms with Gasteiger partial charge in [0, 0.05) is 0 Å². The van der Waals surface area contributed by atoms with Crippen LogP contribution >= 0.6 is 11.6 Å². The van der Waals surface area contributed by atoms with E-state index < -0.39 is 17.0 Å². The number of para-hydroxylation sites is 2. The second kappa shape index (κ2) is 5.14. The SMILES string of the molecule is O=C(Cl)N(c1ccccc1F)c1ccccc1F. The highest BCUT2D eigenvalue weighted by molar-refractivity contribution is 6.66. The number of anilines is 2. The largest absolute Gasteiger partial charge is 0.325 e. The van der Waals surface area contributed by atoms with Crippen LogP contribution in [0.1, 0.15) is 0 Å². The Bertz CT molecular complexity index is 543. The highest BCUT2D eigenvalue weighted by atomic mass is 35.5. The smallest absolute Gasteiger partial charge is 0.262 e. The van der Waals surface area contributed by atoms with Crippen LogP contribution < -0.4 is 4.90 Å². The molecule has 0 aromatic heterocycles. The van der Waals surface area contributed by atoms with Crippen LogP contribution in [0.2, 0.25) is 0 Å². The molecule has 0 unspecified atom stereocenters. The Morgan fingerprint density at radius 1 is 0.889 bits per heavy atom. The molecule has 18 heavy (non-hydrogen) atoms. The van der Waals surface area contributed by atoms with Crippen molar-refractivity contribution in [3.8, 4) is 0 Å². The van der Waals surface area contributed by atoms with Gasteiger partial charge in [0.1, 0.15) is 11.6 Å². The van der Waals surface area contributed by atoms with Crippen molar-refractivity contribution in [2.45, 2.75) is 0 Å². The molecular weight excluding hydrogens is 260 g/mol. The lowest BCUT2D eigenvalue weighted by Gasteiger charge is -2.20. The molecule has 2 aromatic carbocycles. The van der Waals surface area contributed by atoms with Crippen molar-refractivity contribution in [1.29, 1.82) is 0 Å². The summed E-state index contributed by atoms with van der Waals surface area (Å²) >= 11 is 5.41. The second-order valence-corrected chi connectivity index (χ2v) is 3.81. The van der Waals surface area contributed by atoms with Crippen molar-refractivity contribution in [1.82, 2.24) is 0 Å². The molecular formula is C13H8ClF2NO. The number of carbonyl (C=O) groups excluding carboxylic acids is 1. The van der Waals surface area contributed by atoms with E-state index in [4.69, 9.17) is 11.6 Å². The van der Waals surface area contributed by atoms with Crippen molar-refractivity contribution < 1.29 is 13.6 Å². The van der Waals surface area contributed by atoms with Gasteiger partial charge in [0.25, 0.3) is 0 Å². The Morgan fingerprint density at radius 2 is 1.28 bits per heavy atom. The van der Waals surface area contributed by atoms with Crippen molar-refractivity contribution >= 4 is 28.3 Å². The number of amides is 1. The lowest BCUT2D eigenvalue weighted by molar-refractivity contribution is 0.265. The van der Waals surface area contributed by atoms with Crippen LogP contribution in [-0.2, 0) is 0 Å². The van der Waals surface area contributed by atoms with E-state index in [0.717, 1.165) is 4.90 Å². The lowest BCUT2D eigenvalue weighted by Crippen LogP contribution is -2.21. The molecule has 0 saturated heterocycles. The van der Waals surface area contributed by atoms with Crippen LogP contribution in [0.25, 0.3) is 0 Å². The minimum absolute atomic E-state index is 0.0948. The predicted molar refractivity (Wildman–Crippen MR) is 66.2 cm³/mol. The highest BCUT2D eigenvalue weighted by Gasteiger charge is 2.21. The average molecular weight is 268 g/mol. The van der Waals surface area contributed by atoms with E-state index in [1.807, 2.05) is 0 Å². The zero-order chi connectivity index (χ0) is 13.1. The number of halogens is 3. The first kappa shape index (κ1) is 12.5. The van der Waals surface area contributed by atoms with Crippen LogP contribution in [0.3, 0.4) is 0 Å². The molecule has 0 N–H and O–H groups in total. The minimum atomic E-state index is -0.981. The summed E-state index contributed by atoms with van der Waals surface area (Å²) in [6.07, 6.45) is 0. The van der Waals surface area contributed by atoms with Gasteiger partial charge in [-0.2, -0.15) is 0 Å². The number of rotatable bonds is 2. The summed E-state index contributed by atoms with van der Waals surface area (Å²) in [5.74, 6) is -1.32. The standard InChI is InChI=1S/C13H8ClF2NO/c14-13(18)17(11-7-3-1-5-9(11)15)12-8-4-2-6-10(12)16/h1-8H.